The summed E-state index contributed by atoms with van der Waals surface area (Å²) >= 11 is 0.850. The maximum Gasteiger partial charge on any atom is 0.326 e. The van der Waals surface area contributed by atoms with E-state index in [0.29, 0.717) is 4.91 Å². The lowest BCUT2D eigenvalue weighted by molar-refractivity contribution is -0.145. The number of esters is 1. The van der Waals surface area contributed by atoms with Crippen LogP contribution in [0.3, 0.4) is 0 Å². The molecule has 2 heterocycles. The van der Waals surface area contributed by atoms with Crippen LogP contribution < -0.4 is 4.90 Å². The Labute approximate surface area is 175 Å². The molecule has 1 fully saturated rings. The average Bonchev–Trinajstić information content (AvgIpc) is 2.88. The summed E-state index contributed by atoms with van der Waals surface area (Å²) in [5, 5.41) is -0.456. The zero-order valence-electron chi connectivity index (χ0n) is 17.7. The second-order valence-corrected chi connectivity index (χ2v) is 8.83. The fraction of sp³-hybridized carbons (Fsp3) is 0.409. The number of aryl methyl sites for hydroxylation is 1. The molecule has 1 saturated heterocycles. The second-order valence-electron chi connectivity index (χ2n) is 7.84. The molecule has 0 unspecified atom stereocenters. The van der Waals surface area contributed by atoms with Crippen LogP contribution in [0.15, 0.2) is 23.1 Å². The Morgan fingerprint density at radius 3 is 2.59 bits per heavy atom. The number of ether oxygens (including phenoxy) is 1. The molecule has 0 N–H and O–H groups in total. The fourth-order valence-electron chi connectivity index (χ4n) is 3.59. The molecular weight excluding hydrogens is 388 g/mol. The Hall–Kier alpha value is -2.54. The normalized spacial score (nSPS) is 19.5. The van der Waals surface area contributed by atoms with E-state index < -0.39 is 17.1 Å². The molecule has 0 radical (unpaired) electrons. The van der Waals surface area contributed by atoms with Crippen molar-refractivity contribution in [1.29, 1.82) is 0 Å². The Kier molecular flexibility index (Phi) is 5.63. The summed E-state index contributed by atoms with van der Waals surface area (Å²) in [4.78, 5) is 40.0. The number of hydrogen-bond acceptors (Lipinski definition) is 6. The molecule has 2 aliphatic rings. The third kappa shape index (κ3) is 3.96. The van der Waals surface area contributed by atoms with Crippen molar-refractivity contribution in [2.45, 2.75) is 40.2 Å². The highest BCUT2D eigenvalue weighted by molar-refractivity contribution is 8.18. The highest BCUT2D eigenvalue weighted by atomic mass is 32.2. The first-order chi connectivity index (χ1) is 13.5. The summed E-state index contributed by atoms with van der Waals surface area (Å²) in [5.74, 6) is -1.05. The molecule has 0 bridgehead atoms. The topological polar surface area (TPSA) is 66.9 Å². The Morgan fingerprint density at radius 2 is 1.93 bits per heavy atom. The first kappa shape index (κ1) is 21.2. The molecule has 1 aromatic rings. The quantitative estimate of drug-likeness (QED) is 0.543. The average molecular weight is 415 g/mol. The van der Waals surface area contributed by atoms with Gasteiger partial charge in [-0.2, -0.15) is 0 Å². The number of thioether (sulfide) groups is 1. The van der Waals surface area contributed by atoms with Gasteiger partial charge in [-0.05, 0) is 81.3 Å². The van der Waals surface area contributed by atoms with Gasteiger partial charge in [0, 0.05) is 18.3 Å². The number of benzene rings is 1. The van der Waals surface area contributed by atoms with Crippen molar-refractivity contribution < 1.29 is 19.1 Å². The van der Waals surface area contributed by atoms with Gasteiger partial charge in [0.1, 0.15) is 6.54 Å². The Morgan fingerprint density at radius 1 is 1.24 bits per heavy atom. The van der Waals surface area contributed by atoms with E-state index in [1.54, 1.807) is 13.0 Å². The molecule has 154 valence electrons. The van der Waals surface area contributed by atoms with Crippen LogP contribution in [0.5, 0.6) is 0 Å². The molecule has 0 aromatic heterocycles. The van der Waals surface area contributed by atoms with Crippen molar-refractivity contribution in [2.24, 2.45) is 0 Å². The summed E-state index contributed by atoms with van der Waals surface area (Å²) in [6, 6.07) is 4.17. The van der Waals surface area contributed by atoms with Gasteiger partial charge < -0.3 is 9.64 Å². The van der Waals surface area contributed by atoms with E-state index in [0.717, 1.165) is 39.0 Å². The minimum Gasteiger partial charge on any atom is -0.465 e. The highest BCUT2D eigenvalue weighted by Crippen LogP contribution is 2.40. The standard InChI is InChI=1S/C22H26N2O4S/c1-7-28-19(25)12-24-20(26)18(29-21(24)27)10-15-9-16-14(3)11-22(4,5)23(6)17(16)8-13(15)2/h8-11H,7,12H2,1-6H3/b18-10+. The second kappa shape index (κ2) is 7.71. The molecule has 2 aliphatic heterocycles. The van der Waals surface area contributed by atoms with Gasteiger partial charge in [-0.25, -0.2) is 0 Å². The monoisotopic (exact) mass is 414 g/mol. The largest absolute Gasteiger partial charge is 0.465 e. The summed E-state index contributed by atoms with van der Waals surface area (Å²) in [6.07, 6.45) is 3.96. The predicted octanol–water partition coefficient (Wildman–Crippen LogP) is 4.23. The number of anilines is 1. The molecule has 1 aromatic carbocycles. The molecule has 2 amide bonds. The van der Waals surface area contributed by atoms with E-state index in [1.165, 1.54) is 5.57 Å². The number of carbonyl (C=O) groups is 3. The van der Waals surface area contributed by atoms with E-state index >= 15 is 0 Å². The van der Waals surface area contributed by atoms with Gasteiger partial charge in [-0.15, -0.1) is 0 Å². The lowest BCUT2D eigenvalue weighted by Gasteiger charge is -2.41. The molecule has 0 spiro atoms. The minimum atomic E-state index is -0.590. The Bertz CT molecular complexity index is 962. The third-order valence-corrected chi connectivity index (χ3v) is 6.26. The van der Waals surface area contributed by atoms with Gasteiger partial charge in [0.05, 0.1) is 17.1 Å². The maximum atomic E-state index is 12.7. The van der Waals surface area contributed by atoms with E-state index in [9.17, 15) is 14.4 Å². The van der Waals surface area contributed by atoms with Crippen molar-refractivity contribution in [3.05, 3.63) is 39.8 Å². The fourth-order valence-corrected chi connectivity index (χ4v) is 4.42. The van der Waals surface area contributed by atoms with Gasteiger partial charge >= 0.3 is 5.97 Å². The lowest BCUT2D eigenvalue weighted by atomic mass is 9.87. The lowest BCUT2D eigenvalue weighted by Crippen LogP contribution is -2.42. The first-order valence-corrected chi connectivity index (χ1v) is 10.4. The maximum absolute atomic E-state index is 12.7. The van der Waals surface area contributed by atoms with Crippen molar-refractivity contribution in [3.63, 3.8) is 0 Å². The van der Waals surface area contributed by atoms with Gasteiger partial charge in [0.2, 0.25) is 0 Å². The molecule has 0 saturated carbocycles. The van der Waals surface area contributed by atoms with Crippen molar-refractivity contribution in [1.82, 2.24) is 4.90 Å². The summed E-state index contributed by atoms with van der Waals surface area (Å²) in [6.45, 7) is 9.94. The first-order valence-electron chi connectivity index (χ1n) is 9.54. The van der Waals surface area contributed by atoms with E-state index in [-0.39, 0.29) is 18.7 Å². The number of carbonyl (C=O) groups excluding carboxylic acids is 3. The van der Waals surface area contributed by atoms with Gasteiger partial charge in [-0.1, -0.05) is 6.08 Å². The smallest absolute Gasteiger partial charge is 0.326 e. The molecule has 0 atom stereocenters. The third-order valence-electron chi connectivity index (χ3n) is 5.36. The number of likely N-dealkylation sites (N-methyl/N-ethyl adjacent to an activating group) is 1. The van der Waals surface area contributed by atoms with Crippen molar-refractivity contribution in [3.8, 4) is 0 Å². The van der Waals surface area contributed by atoms with E-state index in [2.05, 4.69) is 50.9 Å². The number of amides is 2. The molecule has 6 nitrogen and oxygen atoms in total. The number of imide groups is 1. The summed E-state index contributed by atoms with van der Waals surface area (Å²) in [7, 11) is 2.07. The summed E-state index contributed by atoms with van der Waals surface area (Å²) < 4.78 is 4.85. The van der Waals surface area contributed by atoms with Gasteiger partial charge in [0.25, 0.3) is 11.1 Å². The number of rotatable bonds is 4. The number of nitrogens with zero attached hydrogens (tertiary/aromatic N) is 2. The van der Waals surface area contributed by atoms with Crippen LogP contribution in [0.4, 0.5) is 10.5 Å². The highest BCUT2D eigenvalue weighted by Gasteiger charge is 2.37. The molecule has 29 heavy (non-hydrogen) atoms. The van der Waals surface area contributed by atoms with E-state index in [1.807, 2.05) is 6.92 Å². The number of hydrogen-bond donors (Lipinski definition) is 0. The zero-order valence-corrected chi connectivity index (χ0v) is 18.5. The van der Waals surface area contributed by atoms with Crippen LogP contribution in [0.25, 0.3) is 11.6 Å². The van der Waals surface area contributed by atoms with Crippen molar-refractivity contribution in [2.75, 3.05) is 25.1 Å². The van der Waals surface area contributed by atoms with Crippen LogP contribution in [-0.4, -0.2) is 47.8 Å². The van der Waals surface area contributed by atoms with Crippen molar-refractivity contribution >= 4 is 46.2 Å². The molecule has 0 aliphatic carbocycles. The van der Waals surface area contributed by atoms with Crippen LogP contribution in [0.2, 0.25) is 0 Å². The van der Waals surface area contributed by atoms with E-state index in [4.69, 9.17) is 4.74 Å². The zero-order chi connectivity index (χ0) is 21.5. The SMILES string of the molecule is CCOC(=O)CN1C(=O)S/C(=C/c2cc3c(cc2C)N(C)C(C)(C)C=C3C)C1=O. The van der Waals surface area contributed by atoms with Crippen LogP contribution in [-0.2, 0) is 14.3 Å². The Balaban J connectivity index is 1.94. The van der Waals surface area contributed by atoms with Crippen LogP contribution in [0.1, 0.15) is 44.4 Å². The summed E-state index contributed by atoms with van der Waals surface area (Å²) in [5.41, 5.74) is 5.23. The van der Waals surface area contributed by atoms with Crippen LogP contribution in [0, 0.1) is 6.92 Å². The molecular formula is C22H26N2O4S. The minimum absolute atomic E-state index is 0.0825. The number of fused-ring (bicyclic) bond motifs is 1. The molecule has 3 rings (SSSR count). The molecule has 7 heteroatoms. The number of allylic oxidation sites excluding steroid dienone is 1. The van der Waals surface area contributed by atoms with Crippen LogP contribution >= 0.6 is 11.8 Å². The van der Waals surface area contributed by atoms with Gasteiger partial charge in [0.15, 0.2) is 0 Å². The predicted molar refractivity (Wildman–Crippen MR) is 117 cm³/mol. The van der Waals surface area contributed by atoms with Gasteiger partial charge in [-0.3, -0.25) is 19.3 Å².